The Morgan fingerprint density at radius 3 is 1.90 bits per heavy atom. The molecule has 0 saturated heterocycles. The molecule has 1 saturated carbocycles. The van der Waals surface area contributed by atoms with E-state index in [4.69, 9.17) is 6.57 Å². The molecular formula is C46H36N2. The maximum Gasteiger partial charge on any atom is 0.195 e. The molecule has 2 heteroatoms. The van der Waals surface area contributed by atoms with Crippen molar-refractivity contribution in [3.8, 4) is 39.4 Å². The number of fused-ring (bicyclic) bond motifs is 16. The van der Waals surface area contributed by atoms with Gasteiger partial charge in [0.2, 0.25) is 0 Å². The Labute approximate surface area is 282 Å². The molecule has 0 aliphatic heterocycles. The van der Waals surface area contributed by atoms with Gasteiger partial charge in [-0.2, -0.15) is 5.26 Å². The van der Waals surface area contributed by atoms with Gasteiger partial charge in [-0.15, -0.1) is 0 Å². The van der Waals surface area contributed by atoms with Crippen LogP contribution in [0.2, 0.25) is 0 Å². The molecule has 10 rings (SSSR count). The third kappa shape index (κ3) is 3.13. The summed E-state index contributed by atoms with van der Waals surface area (Å²) in [7, 11) is 0. The summed E-state index contributed by atoms with van der Waals surface area (Å²) < 4.78 is 0. The first-order chi connectivity index (χ1) is 23.2. The summed E-state index contributed by atoms with van der Waals surface area (Å²) in [6, 6.07) is 33.9. The summed E-state index contributed by atoms with van der Waals surface area (Å²) in [6.07, 6.45) is 6.06. The summed E-state index contributed by atoms with van der Waals surface area (Å²) in [4.78, 5) is 3.99. The van der Waals surface area contributed by atoms with E-state index in [1.807, 2.05) is 0 Å². The number of benzene rings is 6. The highest BCUT2D eigenvalue weighted by Gasteiger charge is 2.52. The largest absolute Gasteiger partial charge is 0.238 e. The lowest BCUT2D eigenvalue weighted by Gasteiger charge is -2.39. The molecule has 2 nitrogen and oxygen atoms in total. The van der Waals surface area contributed by atoms with Crippen LogP contribution < -0.4 is 0 Å². The number of nitrogens with zero attached hydrogens (tertiary/aromatic N) is 2. The van der Waals surface area contributed by atoms with Crippen molar-refractivity contribution in [2.45, 2.75) is 76.0 Å². The van der Waals surface area contributed by atoms with E-state index in [1.165, 1.54) is 91.2 Å². The van der Waals surface area contributed by atoms with Gasteiger partial charge in [-0.25, -0.2) is 4.85 Å². The van der Waals surface area contributed by atoms with E-state index >= 15 is 0 Å². The van der Waals surface area contributed by atoms with Crippen molar-refractivity contribution in [3.05, 3.63) is 135 Å². The molecule has 1 fully saturated rings. The molecular weight excluding hydrogens is 581 g/mol. The normalized spacial score (nSPS) is 18.0. The minimum atomic E-state index is -0.237. The zero-order valence-electron chi connectivity index (χ0n) is 28.0. The van der Waals surface area contributed by atoms with Crippen molar-refractivity contribution in [3.63, 3.8) is 0 Å². The molecule has 0 N–H and O–H groups in total. The van der Waals surface area contributed by atoms with Crippen molar-refractivity contribution in [1.29, 1.82) is 5.26 Å². The van der Waals surface area contributed by atoms with Crippen LogP contribution in [0.15, 0.2) is 84.9 Å². The van der Waals surface area contributed by atoms with Crippen molar-refractivity contribution >= 4 is 27.2 Å². The van der Waals surface area contributed by atoms with E-state index in [1.54, 1.807) is 5.56 Å². The minimum absolute atomic E-state index is 0.0460. The highest BCUT2D eigenvalue weighted by atomic mass is 14.7. The van der Waals surface area contributed by atoms with Gasteiger partial charge in [-0.05, 0) is 114 Å². The molecule has 6 aromatic rings. The Hall–Kier alpha value is -5.18. The monoisotopic (exact) mass is 616 g/mol. The van der Waals surface area contributed by atoms with Gasteiger partial charge in [-0.1, -0.05) is 114 Å². The van der Waals surface area contributed by atoms with Crippen LogP contribution in [0.5, 0.6) is 0 Å². The van der Waals surface area contributed by atoms with Gasteiger partial charge in [0.25, 0.3) is 0 Å². The van der Waals surface area contributed by atoms with Crippen molar-refractivity contribution in [2.24, 2.45) is 0 Å². The Bertz CT molecular complexity index is 2560. The minimum Gasteiger partial charge on any atom is -0.238 e. The van der Waals surface area contributed by atoms with Crippen LogP contribution >= 0.6 is 0 Å². The van der Waals surface area contributed by atoms with E-state index < -0.39 is 0 Å². The first kappa shape index (κ1) is 27.9. The lowest BCUT2D eigenvalue weighted by molar-refractivity contribution is 0.348. The summed E-state index contributed by atoms with van der Waals surface area (Å²) in [6.45, 7) is 17.5. The average molecular weight is 617 g/mol. The summed E-state index contributed by atoms with van der Waals surface area (Å²) >= 11 is 0. The molecule has 4 aliphatic rings. The molecule has 0 heterocycles. The van der Waals surface area contributed by atoms with Crippen LogP contribution in [0.1, 0.15) is 98.7 Å². The third-order valence-electron chi connectivity index (χ3n) is 12.8. The maximum absolute atomic E-state index is 10.2. The predicted molar refractivity (Wildman–Crippen MR) is 197 cm³/mol. The summed E-state index contributed by atoms with van der Waals surface area (Å²) in [5.74, 6) is 0. The van der Waals surface area contributed by atoms with Gasteiger partial charge in [0, 0.05) is 21.6 Å². The fourth-order valence-electron chi connectivity index (χ4n) is 10.7. The number of hydrogen-bond acceptors (Lipinski definition) is 1. The lowest BCUT2D eigenvalue weighted by atomic mass is 9.64. The molecule has 1 spiro atoms. The summed E-state index contributed by atoms with van der Waals surface area (Å²) in [5.41, 5.74) is 17.6. The van der Waals surface area contributed by atoms with Gasteiger partial charge >= 0.3 is 0 Å². The molecule has 0 amide bonds. The van der Waals surface area contributed by atoms with Gasteiger partial charge in [0.05, 0.1) is 18.2 Å². The van der Waals surface area contributed by atoms with E-state index in [2.05, 4.69) is 124 Å². The molecule has 230 valence electrons. The average Bonchev–Trinajstić information content (AvgIpc) is 3.60. The van der Waals surface area contributed by atoms with E-state index in [0.29, 0.717) is 0 Å². The number of nitriles is 1. The zero-order valence-corrected chi connectivity index (χ0v) is 28.0. The van der Waals surface area contributed by atoms with E-state index in [-0.39, 0.29) is 16.2 Å². The molecule has 6 aromatic carbocycles. The Morgan fingerprint density at radius 2 is 1.19 bits per heavy atom. The third-order valence-corrected chi connectivity index (χ3v) is 12.8. The maximum atomic E-state index is 10.2. The Morgan fingerprint density at radius 1 is 0.583 bits per heavy atom. The molecule has 0 atom stereocenters. The second-order valence-corrected chi connectivity index (χ2v) is 15.7. The molecule has 4 aliphatic carbocycles. The van der Waals surface area contributed by atoms with Crippen LogP contribution in [-0.4, -0.2) is 0 Å². The van der Waals surface area contributed by atoms with Crippen LogP contribution in [0.4, 0.5) is 5.69 Å². The predicted octanol–water partition coefficient (Wildman–Crippen LogP) is 12.3. The molecule has 0 bridgehead atoms. The highest BCUT2D eigenvalue weighted by molar-refractivity contribution is 6.10. The molecule has 48 heavy (non-hydrogen) atoms. The van der Waals surface area contributed by atoms with E-state index in [0.717, 1.165) is 34.9 Å². The fourth-order valence-corrected chi connectivity index (χ4v) is 10.7. The van der Waals surface area contributed by atoms with Crippen LogP contribution in [0.3, 0.4) is 0 Å². The lowest BCUT2D eigenvalue weighted by Crippen LogP contribution is -2.31. The second kappa shape index (κ2) is 9.04. The standard InChI is InChI=1S/C46H36N2/c1-44(2)35-22-33-31-17-18-32-40-29-15-9-7-13-27(29)26(25-47)21-37(40)45(3,4)42(32)43(31)46(19-11-6-12-20-46)36(33)23-34(35)41-30-16-10-8-14-28(30)39(48-5)24-38(41)44/h7-10,13-18,21-24H,6,11-12,19-20H2,1-4H3. The fraction of sp³-hybridized carbons (Fsp3) is 0.261. The van der Waals surface area contributed by atoms with Gasteiger partial charge in [-0.3, -0.25) is 0 Å². The van der Waals surface area contributed by atoms with Crippen LogP contribution in [0, 0.1) is 17.9 Å². The smallest absolute Gasteiger partial charge is 0.195 e. The molecule has 0 aromatic heterocycles. The van der Waals surface area contributed by atoms with Gasteiger partial charge < -0.3 is 0 Å². The topological polar surface area (TPSA) is 28.1 Å². The van der Waals surface area contributed by atoms with Crippen molar-refractivity contribution in [1.82, 2.24) is 0 Å². The van der Waals surface area contributed by atoms with E-state index in [9.17, 15) is 5.26 Å². The highest BCUT2D eigenvalue weighted by Crippen LogP contribution is 2.65. The van der Waals surface area contributed by atoms with Gasteiger partial charge in [0.15, 0.2) is 5.69 Å². The first-order valence-electron chi connectivity index (χ1n) is 17.5. The van der Waals surface area contributed by atoms with Crippen molar-refractivity contribution in [2.75, 3.05) is 0 Å². The Kier molecular flexibility index (Phi) is 5.25. The van der Waals surface area contributed by atoms with Gasteiger partial charge in [0.1, 0.15) is 0 Å². The zero-order chi connectivity index (χ0) is 32.7. The molecule has 0 radical (unpaired) electrons. The Balaban J connectivity index is 1.29. The second-order valence-electron chi connectivity index (χ2n) is 15.7. The molecule has 0 unspecified atom stereocenters. The first-order valence-corrected chi connectivity index (χ1v) is 17.5. The quantitative estimate of drug-likeness (QED) is 0.156. The van der Waals surface area contributed by atoms with Crippen molar-refractivity contribution < 1.29 is 0 Å². The number of hydrogen-bond donors (Lipinski definition) is 0. The van der Waals surface area contributed by atoms with Crippen LogP contribution in [-0.2, 0) is 16.2 Å². The SMILES string of the molecule is [C-]#[N+]c1cc2c(c3ccccc13)-c1cc3c(cc1C2(C)C)-c1ccc2c(c1C31CCCCC1)C(C)(C)c1cc(C#N)c3ccccc3c1-2. The summed E-state index contributed by atoms with van der Waals surface area (Å²) in [5, 5.41) is 14.7. The number of rotatable bonds is 0. The van der Waals surface area contributed by atoms with Crippen LogP contribution in [0.25, 0.3) is 59.8 Å².